The first-order chi connectivity index (χ1) is 22.6. The first-order valence-corrected chi connectivity index (χ1v) is 18.5. The van der Waals surface area contributed by atoms with E-state index in [0.717, 1.165) is 11.8 Å². The highest BCUT2D eigenvalue weighted by Crippen LogP contribution is 2.55. The van der Waals surface area contributed by atoms with Gasteiger partial charge in [-0.3, -0.25) is 14.5 Å². The average molecular weight is 689 g/mol. The van der Waals surface area contributed by atoms with E-state index in [1.54, 1.807) is 17.0 Å². The molecular formula is C35H43F3N4O5S. The summed E-state index contributed by atoms with van der Waals surface area (Å²) in [5.41, 5.74) is -1.67. The molecule has 3 heterocycles. The molecule has 0 aromatic heterocycles. The minimum absolute atomic E-state index is 0.0283. The zero-order valence-electron chi connectivity index (χ0n) is 27.6. The highest BCUT2D eigenvalue weighted by Gasteiger charge is 2.65. The van der Waals surface area contributed by atoms with E-state index in [-0.39, 0.29) is 67.2 Å². The number of hydrogen-bond acceptors (Lipinski definition) is 6. The van der Waals surface area contributed by atoms with Gasteiger partial charge in [-0.2, -0.15) is 13.2 Å². The van der Waals surface area contributed by atoms with Crippen LogP contribution in [0.5, 0.6) is 0 Å². The van der Waals surface area contributed by atoms with Gasteiger partial charge in [-0.1, -0.05) is 48.9 Å². The van der Waals surface area contributed by atoms with Gasteiger partial charge in [-0.25, -0.2) is 13.2 Å². The van der Waals surface area contributed by atoms with Crippen molar-refractivity contribution in [2.45, 2.75) is 81.1 Å². The second-order valence-corrected chi connectivity index (χ2v) is 16.3. The number of benzene rings is 2. The Morgan fingerprint density at radius 1 is 0.938 bits per heavy atom. The SMILES string of the molecule is CC(C)N1C(=O)N(Cc2ccc(S(C)(=O)=O)cc2)C(=O)C12CCN(C[C@H]1CN(C(=O)C3(C(F)(F)F)CCC3)C[C@@H]1c1ccccc1)CC2. The lowest BCUT2D eigenvalue weighted by Gasteiger charge is -2.44. The Labute approximate surface area is 280 Å². The van der Waals surface area contributed by atoms with Crippen molar-refractivity contribution in [3.05, 3.63) is 65.7 Å². The van der Waals surface area contributed by atoms with Crippen LogP contribution in [0.4, 0.5) is 18.0 Å². The fourth-order valence-corrected chi connectivity index (χ4v) is 8.91. The number of urea groups is 1. The van der Waals surface area contributed by atoms with Gasteiger partial charge >= 0.3 is 12.2 Å². The molecule has 4 fully saturated rings. The Kier molecular flexibility index (Phi) is 8.93. The Morgan fingerprint density at radius 2 is 1.56 bits per heavy atom. The summed E-state index contributed by atoms with van der Waals surface area (Å²) in [6.07, 6.45) is -2.59. The topological polar surface area (TPSA) is 98.3 Å². The average Bonchev–Trinajstić information content (AvgIpc) is 3.50. The minimum Gasteiger partial charge on any atom is -0.341 e. The largest absolute Gasteiger partial charge is 0.403 e. The van der Waals surface area contributed by atoms with Crippen LogP contribution in [0.25, 0.3) is 0 Å². The summed E-state index contributed by atoms with van der Waals surface area (Å²) in [5, 5.41) is 0. The highest BCUT2D eigenvalue weighted by atomic mass is 32.2. The number of alkyl halides is 3. The van der Waals surface area contributed by atoms with Crippen LogP contribution in [0.1, 0.15) is 63.0 Å². The van der Waals surface area contributed by atoms with E-state index in [0.29, 0.717) is 44.5 Å². The number of hydrogen-bond donors (Lipinski definition) is 0. The molecule has 3 saturated heterocycles. The maximum atomic E-state index is 14.1. The molecular weight excluding hydrogens is 645 g/mol. The van der Waals surface area contributed by atoms with Crippen LogP contribution in [0.15, 0.2) is 59.5 Å². The number of piperidine rings is 1. The van der Waals surface area contributed by atoms with Gasteiger partial charge in [0.05, 0.1) is 11.4 Å². The van der Waals surface area contributed by atoms with Gasteiger partial charge in [0.2, 0.25) is 5.91 Å². The smallest absolute Gasteiger partial charge is 0.341 e. The fourth-order valence-electron chi connectivity index (χ4n) is 8.28. The third kappa shape index (κ3) is 5.90. The van der Waals surface area contributed by atoms with Gasteiger partial charge in [-0.15, -0.1) is 0 Å². The summed E-state index contributed by atoms with van der Waals surface area (Å²) in [6, 6.07) is 15.2. The van der Waals surface area contributed by atoms with Crippen LogP contribution in [0.3, 0.4) is 0 Å². The molecule has 1 aliphatic carbocycles. The number of carbonyl (C=O) groups is 3. The zero-order valence-corrected chi connectivity index (χ0v) is 28.4. The van der Waals surface area contributed by atoms with Crippen molar-refractivity contribution in [2.75, 3.05) is 39.0 Å². The second-order valence-electron chi connectivity index (χ2n) is 14.3. The van der Waals surface area contributed by atoms with Crippen molar-refractivity contribution < 1.29 is 36.0 Å². The molecule has 260 valence electrons. The second kappa shape index (κ2) is 12.5. The van der Waals surface area contributed by atoms with Crippen molar-refractivity contribution in [3.8, 4) is 0 Å². The lowest BCUT2D eigenvalue weighted by Crippen LogP contribution is -2.58. The normalized spacial score (nSPS) is 24.5. The van der Waals surface area contributed by atoms with E-state index in [1.165, 1.54) is 21.9 Å². The van der Waals surface area contributed by atoms with Crippen LogP contribution >= 0.6 is 0 Å². The highest BCUT2D eigenvalue weighted by molar-refractivity contribution is 7.90. The third-order valence-corrected chi connectivity index (χ3v) is 12.2. The van der Waals surface area contributed by atoms with Gasteiger partial charge in [0.1, 0.15) is 11.0 Å². The zero-order chi connectivity index (χ0) is 34.6. The van der Waals surface area contributed by atoms with Crippen molar-refractivity contribution in [2.24, 2.45) is 11.3 Å². The molecule has 0 unspecified atom stereocenters. The third-order valence-electron chi connectivity index (χ3n) is 11.0. The molecule has 0 bridgehead atoms. The summed E-state index contributed by atoms with van der Waals surface area (Å²) in [4.78, 5) is 48.0. The molecule has 1 saturated carbocycles. The number of halogens is 3. The lowest BCUT2D eigenvalue weighted by molar-refractivity contribution is -0.248. The van der Waals surface area contributed by atoms with Crippen molar-refractivity contribution in [1.29, 1.82) is 0 Å². The first-order valence-electron chi connectivity index (χ1n) is 16.6. The van der Waals surface area contributed by atoms with Gasteiger partial charge in [0, 0.05) is 50.9 Å². The minimum atomic E-state index is -4.58. The summed E-state index contributed by atoms with van der Waals surface area (Å²) in [7, 11) is -3.39. The molecule has 13 heteroatoms. The van der Waals surface area contributed by atoms with E-state index in [1.807, 2.05) is 44.2 Å². The van der Waals surface area contributed by atoms with Gasteiger partial charge in [0.25, 0.3) is 5.91 Å². The van der Waals surface area contributed by atoms with E-state index in [2.05, 4.69) is 4.90 Å². The number of nitrogens with zero attached hydrogens (tertiary/aromatic N) is 4. The Bertz CT molecular complexity index is 1650. The molecule has 9 nitrogen and oxygen atoms in total. The summed E-state index contributed by atoms with van der Waals surface area (Å²) in [6.45, 7) is 5.84. The fraction of sp³-hybridized carbons (Fsp3) is 0.571. The molecule has 4 amide bonds. The van der Waals surface area contributed by atoms with Crippen molar-refractivity contribution >= 4 is 27.7 Å². The van der Waals surface area contributed by atoms with E-state index in [4.69, 9.17) is 0 Å². The molecule has 6 rings (SSSR count). The number of rotatable bonds is 8. The van der Waals surface area contributed by atoms with Gasteiger partial charge in [0.15, 0.2) is 9.84 Å². The van der Waals surface area contributed by atoms with Crippen LogP contribution in [0, 0.1) is 11.3 Å². The predicted octanol–water partition coefficient (Wildman–Crippen LogP) is 5.07. The molecule has 3 aliphatic heterocycles. The van der Waals surface area contributed by atoms with E-state index < -0.39 is 32.9 Å². The number of amides is 4. The molecule has 0 N–H and O–H groups in total. The molecule has 2 aromatic rings. The Hall–Kier alpha value is -3.45. The molecule has 2 aromatic carbocycles. The number of carbonyl (C=O) groups excluding carboxylic acids is 3. The summed E-state index contributed by atoms with van der Waals surface area (Å²) >= 11 is 0. The number of likely N-dealkylation sites (tertiary alicyclic amines) is 2. The standard InChI is InChI=1S/C35H43F3N4O5S/c1-24(2)42-32(45)41(20-25-10-12-28(13-11-25)48(3,46)47)31(44)34(42)16-18-39(19-17-34)21-27-22-40(23-29(27)26-8-5-4-6-9-26)30(43)33(14-7-15-33)35(36,37)38/h4-6,8-13,24,27,29H,7,14-23H2,1-3H3/t27-,29+/m0/s1. The van der Waals surface area contributed by atoms with Gasteiger partial charge < -0.3 is 14.7 Å². The van der Waals surface area contributed by atoms with E-state index in [9.17, 15) is 36.0 Å². The Balaban J connectivity index is 1.17. The molecule has 4 aliphatic rings. The van der Waals surface area contributed by atoms with Crippen LogP contribution < -0.4 is 0 Å². The van der Waals surface area contributed by atoms with Crippen LogP contribution in [-0.2, 0) is 26.0 Å². The maximum Gasteiger partial charge on any atom is 0.403 e. The molecule has 2 atom stereocenters. The monoisotopic (exact) mass is 688 g/mol. The van der Waals surface area contributed by atoms with Crippen LogP contribution in [-0.4, -0.2) is 103 Å². The summed E-state index contributed by atoms with van der Waals surface area (Å²) in [5.74, 6) is -1.30. The summed E-state index contributed by atoms with van der Waals surface area (Å²) < 4.78 is 66.1. The van der Waals surface area contributed by atoms with Crippen LogP contribution in [0.2, 0.25) is 0 Å². The predicted molar refractivity (Wildman–Crippen MR) is 172 cm³/mol. The van der Waals surface area contributed by atoms with Gasteiger partial charge in [-0.05, 0) is 68.7 Å². The molecule has 0 radical (unpaired) electrons. The van der Waals surface area contributed by atoms with Crippen molar-refractivity contribution in [1.82, 2.24) is 19.6 Å². The van der Waals surface area contributed by atoms with E-state index >= 15 is 0 Å². The lowest BCUT2D eigenvalue weighted by atomic mass is 9.67. The number of sulfone groups is 1. The molecule has 1 spiro atoms. The Morgan fingerprint density at radius 3 is 2.08 bits per heavy atom. The van der Waals surface area contributed by atoms with Crippen molar-refractivity contribution in [3.63, 3.8) is 0 Å². The first kappa shape index (κ1) is 34.4. The number of imide groups is 1. The maximum absolute atomic E-state index is 14.1. The quantitative estimate of drug-likeness (QED) is 0.360. The molecule has 48 heavy (non-hydrogen) atoms.